The van der Waals surface area contributed by atoms with Crippen molar-refractivity contribution in [2.75, 3.05) is 17.1 Å². The highest BCUT2D eigenvalue weighted by molar-refractivity contribution is 7.92. The predicted molar refractivity (Wildman–Crippen MR) is 132 cm³/mol. The van der Waals surface area contributed by atoms with E-state index in [-0.39, 0.29) is 30.8 Å². The van der Waals surface area contributed by atoms with Gasteiger partial charge in [-0.05, 0) is 51.8 Å². The Bertz CT molecular complexity index is 1020. The van der Waals surface area contributed by atoms with Crippen molar-refractivity contribution in [2.24, 2.45) is 0 Å². The van der Waals surface area contributed by atoms with E-state index >= 15 is 0 Å². The van der Waals surface area contributed by atoms with E-state index in [1.165, 1.54) is 4.31 Å². The van der Waals surface area contributed by atoms with Crippen molar-refractivity contribution in [2.45, 2.75) is 59.2 Å². The number of amides is 2. The summed E-state index contributed by atoms with van der Waals surface area (Å²) in [5, 5.41) is 2.87. The molecule has 0 aliphatic carbocycles. The van der Waals surface area contributed by atoms with Gasteiger partial charge in [-0.2, -0.15) is 0 Å². The number of hydrogen-bond donors (Lipinski definition) is 1. The van der Waals surface area contributed by atoms with Crippen molar-refractivity contribution < 1.29 is 18.0 Å². The van der Waals surface area contributed by atoms with Crippen LogP contribution in [0.5, 0.6) is 0 Å². The number of nitrogens with zero attached hydrogens (tertiary/aromatic N) is 2. The van der Waals surface area contributed by atoms with Crippen LogP contribution in [-0.4, -0.2) is 50.0 Å². The van der Waals surface area contributed by atoms with E-state index < -0.39 is 16.1 Å². The highest BCUT2D eigenvalue weighted by Crippen LogP contribution is 2.18. The maximum absolute atomic E-state index is 13.2. The fraction of sp³-hybridized carbons (Fsp3) is 0.440. The van der Waals surface area contributed by atoms with Gasteiger partial charge in [0.1, 0.15) is 6.04 Å². The summed E-state index contributed by atoms with van der Waals surface area (Å²) in [5.41, 5.74) is 2.61. The summed E-state index contributed by atoms with van der Waals surface area (Å²) in [4.78, 5) is 27.4. The lowest BCUT2D eigenvalue weighted by molar-refractivity contribution is -0.140. The number of para-hydroxylation sites is 1. The third kappa shape index (κ3) is 8.20. The number of hydrogen-bond acceptors (Lipinski definition) is 4. The van der Waals surface area contributed by atoms with Crippen molar-refractivity contribution >= 4 is 27.5 Å². The van der Waals surface area contributed by atoms with Crippen LogP contribution < -0.4 is 9.62 Å². The van der Waals surface area contributed by atoms with Crippen molar-refractivity contribution in [1.29, 1.82) is 0 Å². The molecule has 180 valence electrons. The summed E-state index contributed by atoms with van der Waals surface area (Å²) in [6, 6.07) is 16.0. The van der Waals surface area contributed by atoms with E-state index in [0.29, 0.717) is 18.7 Å². The Balaban J connectivity index is 2.14. The molecule has 2 rings (SSSR count). The average Bonchev–Trinajstić information content (AvgIpc) is 2.75. The molecule has 1 atom stereocenters. The average molecular weight is 474 g/mol. The Morgan fingerprint density at radius 1 is 0.970 bits per heavy atom. The Hall–Kier alpha value is -2.87. The summed E-state index contributed by atoms with van der Waals surface area (Å²) in [7, 11) is -3.49. The molecule has 2 aromatic carbocycles. The molecule has 2 aromatic rings. The molecule has 2 amide bonds. The molecular formula is C25H35N3O4S. The van der Waals surface area contributed by atoms with Crippen molar-refractivity contribution in [3.63, 3.8) is 0 Å². The van der Waals surface area contributed by atoms with Gasteiger partial charge < -0.3 is 10.2 Å². The summed E-state index contributed by atoms with van der Waals surface area (Å²) < 4.78 is 25.9. The van der Waals surface area contributed by atoms with Gasteiger partial charge in [-0.1, -0.05) is 48.0 Å². The lowest BCUT2D eigenvalue weighted by Gasteiger charge is -2.30. The third-order valence-electron chi connectivity index (χ3n) is 5.27. The number of sulfonamides is 1. The Labute approximate surface area is 197 Å². The highest BCUT2D eigenvalue weighted by atomic mass is 32.2. The molecule has 0 radical (unpaired) electrons. The monoisotopic (exact) mass is 473 g/mol. The molecule has 0 aromatic heterocycles. The number of aryl methyl sites for hydroxylation is 1. The van der Waals surface area contributed by atoms with Crippen molar-refractivity contribution in [1.82, 2.24) is 10.2 Å². The van der Waals surface area contributed by atoms with Crippen LogP contribution in [0.2, 0.25) is 0 Å². The van der Waals surface area contributed by atoms with E-state index in [4.69, 9.17) is 0 Å². The Morgan fingerprint density at radius 3 is 2.12 bits per heavy atom. The summed E-state index contributed by atoms with van der Waals surface area (Å²) >= 11 is 0. The van der Waals surface area contributed by atoms with Crippen LogP contribution in [0.4, 0.5) is 5.69 Å². The molecule has 0 bridgehead atoms. The molecule has 1 N–H and O–H groups in total. The van der Waals surface area contributed by atoms with E-state index in [1.807, 2.05) is 51.1 Å². The first kappa shape index (κ1) is 26.4. The topological polar surface area (TPSA) is 86.8 Å². The molecule has 0 saturated carbocycles. The molecule has 0 unspecified atom stereocenters. The summed E-state index contributed by atoms with van der Waals surface area (Å²) in [6.07, 6.45) is 1.62. The fourth-order valence-electron chi connectivity index (χ4n) is 3.48. The molecule has 33 heavy (non-hydrogen) atoms. The number of nitrogens with one attached hydrogen (secondary N) is 1. The zero-order valence-electron chi connectivity index (χ0n) is 20.1. The maximum Gasteiger partial charge on any atom is 0.242 e. The van der Waals surface area contributed by atoms with Gasteiger partial charge in [0.15, 0.2) is 0 Å². The number of anilines is 1. The molecule has 8 heteroatoms. The van der Waals surface area contributed by atoms with Crippen LogP contribution in [0.1, 0.15) is 44.7 Å². The maximum atomic E-state index is 13.2. The van der Waals surface area contributed by atoms with Gasteiger partial charge in [-0.3, -0.25) is 13.9 Å². The minimum absolute atomic E-state index is 0.0366. The number of benzene rings is 2. The third-order valence-corrected chi connectivity index (χ3v) is 6.46. The second kappa shape index (κ2) is 11.8. The highest BCUT2D eigenvalue weighted by Gasteiger charge is 2.27. The normalized spacial score (nSPS) is 12.3. The van der Waals surface area contributed by atoms with Gasteiger partial charge in [-0.25, -0.2) is 8.42 Å². The van der Waals surface area contributed by atoms with Gasteiger partial charge in [-0.15, -0.1) is 0 Å². The SMILES string of the molecule is Cc1ccc(CN(C(=O)CCCN(c2ccccc2)S(C)(=O)=O)[C@H](C)C(=O)NC(C)C)cc1. The summed E-state index contributed by atoms with van der Waals surface area (Å²) in [5.74, 6) is -0.406. The van der Waals surface area contributed by atoms with Crippen molar-refractivity contribution in [3.05, 3.63) is 65.7 Å². The summed E-state index contributed by atoms with van der Waals surface area (Å²) in [6.45, 7) is 7.95. The molecule has 0 saturated heterocycles. The molecule has 7 nitrogen and oxygen atoms in total. The quantitative estimate of drug-likeness (QED) is 0.541. The smallest absolute Gasteiger partial charge is 0.242 e. The largest absolute Gasteiger partial charge is 0.352 e. The molecule has 0 aliphatic heterocycles. The van der Waals surface area contributed by atoms with Gasteiger partial charge >= 0.3 is 0 Å². The number of carbonyl (C=O) groups excluding carboxylic acids is 2. The molecule has 0 spiro atoms. The number of rotatable bonds is 11. The van der Waals surface area contributed by atoms with Gasteiger partial charge in [0, 0.05) is 25.6 Å². The minimum atomic E-state index is -3.49. The Kier molecular flexibility index (Phi) is 9.46. The standard InChI is InChI=1S/C25H35N3O4S/c1-19(2)26-25(30)21(4)27(18-22-15-13-20(3)14-16-22)24(29)12-9-17-28(33(5,31)32)23-10-7-6-8-11-23/h6-8,10-11,13-16,19,21H,9,12,17-18H2,1-5H3,(H,26,30)/t21-/m1/s1. The van der Waals surface area contributed by atoms with E-state index in [1.54, 1.807) is 36.1 Å². The van der Waals surface area contributed by atoms with Crippen LogP contribution in [0.15, 0.2) is 54.6 Å². The fourth-order valence-corrected chi connectivity index (χ4v) is 4.44. The second-order valence-corrected chi connectivity index (χ2v) is 10.5. The van der Waals surface area contributed by atoms with Crippen LogP contribution in [0, 0.1) is 6.92 Å². The van der Waals surface area contributed by atoms with Crippen molar-refractivity contribution in [3.8, 4) is 0 Å². The zero-order chi connectivity index (χ0) is 24.6. The molecule has 0 heterocycles. The number of carbonyl (C=O) groups is 2. The van der Waals surface area contributed by atoms with Gasteiger partial charge in [0.25, 0.3) is 0 Å². The first-order valence-corrected chi connectivity index (χ1v) is 13.0. The van der Waals surface area contributed by atoms with E-state index in [2.05, 4.69) is 5.32 Å². The lowest BCUT2D eigenvalue weighted by Crippen LogP contribution is -2.49. The first-order chi connectivity index (χ1) is 15.5. The van der Waals surface area contributed by atoms with Gasteiger partial charge in [0.2, 0.25) is 21.8 Å². The minimum Gasteiger partial charge on any atom is -0.352 e. The van der Waals surface area contributed by atoms with Crippen LogP contribution in [0.3, 0.4) is 0 Å². The molecular weight excluding hydrogens is 438 g/mol. The first-order valence-electron chi connectivity index (χ1n) is 11.2. The zero-order valence-corrected chi connectivity index (χ0v) is 20.9. The van der Waals surface area contributed by atoms with Crippen LogP contribution in [0.25, 0.3) is 0 Å². The lowest BCUT2D eigenvalue weighted by atomic mass is 10.1. The Morgan fingerprint density at radius 2 is 1.58 bits per heavy atom. The molecule has 0 aliphatic rings. The van der Waals surface area contributed by atoms with E-state index in [9.17, 15) is 18.0 Å². The molecule has 0 fully saturated rings. The van der Waals surface area contributed by atoms with Crippen LogP contribution >= 0.6 is 0 Å². The van der Waals surface area contributed by atoms with E-state index in [0.717, 1.165) is 17.4 Å². The van der Waals surface area contributed by atoms with Crippen LogP contribution in [-0.2, 0) is 26.2 Å². The predicted octanol–water partition coefficient (Wildman–Crippen LogP) is 3.48. The van der Waals surface area contributed by atoms with Gasteiger partial charge in [0.05, 0.1) is 11.9 Å². The second-order valence-electron chi connectivity index (χ2n) is 8.62.